The van der Waals surface area contributed by atoms with E-state index in [-0.39, 0.29) is 11.8 Å². The monoisotopic (exact) mass is 315 g/mol. The molecule has 0 saturated carbocycles. The number of carboxylic acid groups (broad SMARTS) is 1. The lowest BCUT2D eigenvalue weighted by Crippen LogP contribution is -2.44. The highest BCUT2D eigenvalue weighted by atomic mass is 16.4. The van der Waals surface area contributed by atoms with E-state index in [0.29, 0.717) is 5.56 Å². The first-order valence-electron chi connectivity index (χ1n) is 7.47. The summed E-state index contributed by atoms with van der Waals surface area (Å²) in [6.07, 6.45) is 1.69. The minimum Gasteiger partial charge on any atom is -0.480 e. The molecule has 23 heavy (non-hydrogen) atoms. The quantitative estimate of drug-likeness (QED) is 0.887. The Morgan fingerprint density at radius 3 is 2.48 bits per heavy atom. The second-order valence-electron chi connectivity index (χ2n) is 5.84. The van der Waals surface area contributed by atoms with Gasteiger partial charge < -0.3 is 15.0 Å². The molecule has 1 amide bonds. The van der Waals surface area contributed by atoms with E-state index < -0.39 is 12.0 Å². The van der Waals surface area contributed by atoms with Crippen molar-refractivity contribution in [1.29, 1.82) is 0 Å². The Balaban J connectivity index is 2.35. The third-order valence-corrected chi connectivity index (χ3v) is 3.77. The van der Waals surface area contributed by atoms with E-state index in [9.17, 15) is 14.7 Å². The van der Waals surface area contributed by atoms with Gasteiger partial charge in [-0.15, -0.1) is 0 Å². The highest BCUT2D eigenvalue weighted by Gasteiger charge is 2.26. The maximum atomic E-state index is 12.5. The van der Waals surface area contributed by atoms with Gasteiger partial charge in [0.05, 0.1) is 5.56 Å². The number of hydrogen-bond donors (Lipinski definition) is 2. The number of hydrogen-bond acceptors (Lipinski definition) is 3. The minimum atomic E-state index is -1.04. The number of carbonyl (C=O) groups is 2. The van der Waals surface area contributed by atoms with Crippen molar-refractivity contribution in [2.75, 3.05) is 0 Å². The molecule has 2 aromatic rings. The summed E-state index contributed by atoms with van der Waals surface area (Å²) in [6, 6.07) is 6.39. The SMILES string of the molecule is Cc1cc(C(=O)N[C@H](C(=O)O)C(C)C)c(C)n1-c1ccccn1. The van der Waals surface area contributed by atoms with Crippen LogP contribution >= 0.6 is 0 Å². The van der Waals surface area contributed by atoms with Crippen LogP contribution in [-0.4, -0.2) is 32.6 Å². The van der Waals surface area contributed by atoms with Crippen LogP contribution in [0.4, 0.5) is 0 Å². The van der Waals surface area contributed by atoms with Gasteiger partial charge in [-0.2, -0.15) is 0 Å². The molecule has 122 valence electrons. The molecule has 0 aliphatic carbocycles. The van der Waals surface area contributed by atoms with Gasteiger partial charge in [-0.25, -0.2) is 9.78 Å². The molecule has 0 bridgehead atoms. The van der Waals surface area contributed by atoms with Crippen LogP contribution in [0.3, 0.4) is 0 Å². The van der Waals surface area contributed by atoms with Crippen LogP contribution in [0.1, 0.15) is 35.6 Å². The predicted molar refractivity (Wildman–Crippen MR) is 86.8 cm³/mol. The van der Waals surface area contributed by atoms with Gasteiger partial charge >= 0.3 is 5.97 Å². The Bertz CT molecular complexity index is 720. The number of amides is 1. The lowest BCUT2D eigenvalue weighted by molar-refractivity contribution is -0.140. The van der Waals surface area contributed by atoms with Gasteiger partial charge in [0.15, 0.2) is 0 Å². The van der Waals surface area contributed by atoms with Gasteiger partial charge in [0.25, 0.3) is 5.91 Å². The van der Waals surface area contributed by atoms with Crippen LogP contribution in [-0.2, 0) is 4.79 Å². The summed E-state index contributed by atoms with van der Waals surface area (Å²) in [5.41, 5.74) is 2.05. The minimum absolute atomic E-state index is 0.198. The summed E-state index contributed by atoms with van der Waals surface area (Å²) in [6.45, 7) is 7.23. The molecule has 0 spiro atoms. The average Bonchev–Trinajstić information content (AvgIpc) is 2.79. The van der Waals surface area contributed by atoms with Gasteiger partial charge in [-0.05, 0) is 38.0 Å². The number of aryl methyl sites for hydroxylation is 1. The van der Waals surface area contributed by atoms with Crippen molar-refractivity contribution in [3.8, 4) is 5.82 Å². The first kappa shape index (κ1) is 16.7. The van der Waals surface area contributed by atoms with E-state index in [1.807, 2.05) is 36.6 Å². The van der Waals surface area contributed by atoms with Gasteiger partial charge in [0.1, 0.15) is 11.9 Å². The molecule has 0 radical (unpaired) electrons. The third kappa shape index (κ3) is 3.41. The molecule has 1 atom stereocenters. The smallest absolute Gasteiger partial charge is 0.326 e. The van der Waals surface area contributed by atoms with Crippen molar-refractivity contribution in [3.05, 3.63) is 47.4 Å². The Morgan fingerprint density at radius 2 is 1.96 bits per heavy atom. The average molecular weight is 315 g/mol. The maximum Gasteiger partial charge on any atom is 0.326 e. The van der Waals surface area contributed by atoms with Crippen LogP contribution in [0.25, 0.3) is 5.82 Å². The van der Waals surface area contributed by atoms with Gasteiger partial charge in [0, 0.05) is 17.6 Å². The fraction of sp³-hybridized carbons (Fsp3) is 0.353. The van der Waals surface area contributed by atoms with E-state index in [4.69, 9.17) is 0 Å². The Kier molecular flexibility index (Phi) is 4.83. The summed E-state index contributed by atoms with van der Waals surface area (Å²) in [7, 11) is 0. The van der Waals surface area contributed by atoms with Crippen LogP contribution < -0.4 is 5.32 Å². The van der Waals surface area contributed by atoms with Crippen LogP contribution in [0.5, 0.6) is 0 Å². The molecule has 0 unspecified atom stereocenters. The van der Waals surface area contributed by atoms with E-state index in [2.05, 4.69) is 10.3 Å². The van der Waals surface area contributed by atoms with Crippen molar-refractivity contribution >= 4 is 11.9 Å². The molecule has 2 N–H and O–H groups in total. The van der Waals surface area contributed by atoms with Gasteiger partial charge in [0.2, 0.25) is 0 Å². The molecule has 0 saturated heterocycles. The molecule has 0 aromatic carbocycles. The van der Waals surface area contributed by atoms with E-state index in [1.54, 1.807) is 26.1 Å². The lowest BCUT2D eigenvalue weighted by Gasteiger charge is -2.18. The highest BCUT2D eigenvalue weighted by molar-refractivity contribution is 5.98. The fourth-order valence-electron chi connectivity index (χ4n) is 2.56. The molecule has 6 nitrogen and oxygen atoms in total. The number of rotatable bonds is 5. The molecule has 0 aliphatic rings. The second-order valence-corrected chi connectivity index (χ2v) is 5.84. The summed E-state index contributed by atoms with van der Waals surface area (Å²) in [4.78, 5) is 28.0. The first-order valence-corrected chi connectivity index (χ1v) is 7.47. The molecule has 0 fully saturated rings. The number of carboxylic acids is 1. The van der Waals surface area contributed by atoms with E-state index in [0.717, 1.165) is 17.2 Å². The molecular weight excluding hydrogens is 294 g/mol. The van der Waals surface area contributed by atoms with Crippen LogP contribution in [0.15, 0.2) is 30.5 Å². The number of pyridine rings is 1. The molecule has 2 aromatic heterocycles. The molecular formula is C17H21N3O3. The topological polar surface area (TPSA) is 84.2 Å². The summed E-state index contributed by atoms with van der Waals surface area (Å²) in [5, 5.41) is 11.8. The zero-order valence-corrected chi connectivity index (χ0v) is 13.7. The van der Waals surface area contributed by atoms with Crippen molar-refractivity contribution < 1.29 is 14.7 Å². The maximum absolute atomic E-state index is 12.5. The summed E-state index contributed by atoms with van der Waals surface area (Å²) < 4.78 is 1.88. The standard InChI is InChI=1S/C17H21N3O3/c1-10(2)15(17(22)23)19-16(21)13-9-11(3)20(12(13)4)14-7-5-6-8-18-14/h5-10,15H,1-4H3,(H,19,21)(H,22,23)/t15-/m0/s1. The molecule has 0 aliphatic heterocycles. The second kappa shape index (κ2) is 6.64. The largest absolute Gasteiger partial charge is 0.480 e. The number of aliphatic carboxylic acids is 1. The lowest BCUT2D eigenvalue weighted by atomic mass is 10.0. The highest BCUT2D eigenvalue weighted by Crippen LogP contribution is 2.19. The van der Waals surface area contributed by atoms with Crippen LogP contribution in [0, 0.1) is 19.8 Å². The van der Waals surface area contributed by atoms with Crippen molar-refractivity contribution in [3.63, 3.8) is 0 Å². The van der Waals surface area contributed by atoms with Crippen molar-refractivity contribution in [2.45, 2.75) is 33.7 Å². The van der Waals surface area contributed by atoms with Crippen molar-refractivity contribution in [2.24, 2.45) is 5.92 Å². The summed E-state index contributed by atoms with van der Waals surface area (Å²) in [5.74, 6) is -0.899. The number of nitrogens with zero attached hydrogens (tertiary/aromatic N) is 2. The Morgan fingerprint density at radius 1 is 1.26 bits per heavy atom. The Labute approximate surface area is 135 Å². The van der Waals surface area contributed by atoms with Crippen LogP contribution in [0.2, 0.25) is 0 Å². The first-order chi connectivity index (χ1) is 10.8. The normalized spacial score (nSPS) is 12.2. The molecule has 2 rings (SSSR count). The fourth-order valence-corrected chi connectivity index (χ4v) is 2.56. The molecule has 6 heteroatoms. The third-order valence-electron chi connectivity index (χ3n) is 3.77. The van der Waals surface area contributed by atoms with Gasteiger partial charge in [-0.1, -0.05) is 19.9 Å². The molecule has 2 heterocycles. The van der Waals surface area contributed by atoms with Crippen molar-refractivity contribution in [1.82, 2.24) is 14.9 Å². The van der Waals surface area contributed by atoms with E-state index in [1.165, 1.54) is 0 Å². The zero-order chi connectivity index (χ0) is 17.1. The number of nitrogens with one attached hydrogen (secondary N) is 1. The van der Waals surface area contributed by atoms with Gasteiger partial charge in [-0.3, -0.25) is 4.79 Å². The number of aromatic nitrogens is 2. The number of carbonyl (C=O) groups excluding carboxylic acids is 1. The van der Waals surface area contributed by atoms with E-state index >= 15 is 0 Å². The Hall–Kier alpha value is -2.63. The predicted octanol–water partition coefficient (Wildman–Crippen LogP) is 2.33. The summed E-state index contributed by atoms with van der Waals surface area (Å²) >= 11 is 0. The zero-order valence-electron chi connectivity index (χ0n) is 13.7.